The van der Waals surface area contributed by atoms with Crippen LogP contribution in [0.3, 0.4) is 0 Å². The van der Waals surface area contributed by atoms with E-state index < -0.39 is 17.1 Å². The Morgan fingerprint density at radius 3 is 2.57 bits per heavy atom. The Morgan fingerprint density at radius 1 is 1.35 bits per heavy atom. The van der Waals surface area contributed by atoms with Gasteiger partial charge in [0.05, 0.1) is 12.1 Å². The minimum Gasteiger partial charge on any atom is -0.460 e. The first-order valence-corrected chi connectivity index (χ1v) is 7.63. The van der Waals surface area contributed by atoms with E-state index in [9.17, 15) is 14.4 Å². The molecule has 1 aromatic heterocycles. The topological polar surface area (TPSA) is 85.4 Å². The quantitative estimate of drug-likeness (QED) is 0.676. The number of carbonyl (C=O) groups excluding carboxylic acids is 3. The SMILES string of the molecule is Cc1cccc(C2(CCC(=O)OC(C)(C)C)NC(=O)CC2=O)n1. The molecule has 0 saturated carbocycles. The fourth-order valence-electron chi connectivity index (χ4n) is 2.65. The predicted octanol–water partition coefficient (Wildman–Crippen LogP) is 1.80. The van der Waals surface area contributed by atoms with Gasteiger partial charge in [0.1, 0.15) is 11.1 Å². The maximum atomic E-state index is 12.4. The summed E-state index contributed by atoms with van der Waals surface area (Å²) in [6.07, 6.45) is -0.0220. The van der Waals surface area contributed by atoms with Crippen molar-refractivity contribution in [1.29, 1.82) is 0 Å². The maximum absolute atomic E-state index is 12.4. The van der Waals surface area contributed by atoms with Gasteiger partial charge in [-0.25, -0.2) is 0 Å². The van der Waals surface area contributed by atoms with Gasteiger partial charge in [-0.1, -0.05) is 6.07 Å². The van der Waals surface area contributed by atoms with E-state index in [2.05, 4.69) is 10.3 Å². The minimum atomic E-state index is -1.24. The summed E-state index contributed by atoms with van der Waals surface area (Å²) in [4.78, 5) is 40.5. The lowest BCUT2D eigenvalue weighted by Gasteiger charge is -2.28. The van der Waals surface area contributed by atoms with Gasteiger partial charge in [-0.05, 0) is 46.2 Å². The molecule has 2 heterocycles. The molecule has 1 N–H and O–H groups in total. The molecule has 0 spiro atoms. The highest BCUT2D eigenvalue weighted by molar-refractivity contribution is 6.10. The van der Waals surface area contributed by atoms with Crippen LogP contribution in [0.25, 0.3) is 0 Å². The Bertz CT molecular complexity index is 648. The molecule has 1 amide bonds. The molecule has 0 bridgehead atoms. The van der Waals surface area contributed by atoms with Crippen molar-refractivity contribution in [3.8, 4) is 0 Å². The van der Waals surface area contributed by atoms with Gasteiger partial charge in [0, 0.05) is 12.1 Å². The van der Waals surface area contributed by atoms with E-state index >= 15 is 0 Å². The highest BCUT2D eigenvalue weighted by Crippen LogP contribution is 2.32. The lowest BCUT2D eigenvalue weighted by molar-refractivity contribution is -0.155. The van der Waals surface area contributed by atoms with E-state index in [1.54, 1.807) is 32.9 Å². The zero-order valence-electron chi connectivity index (χ0n) is 13.9. The van der Waals surface area contributed by atoms with Gasteiger partial charge in [0.25, 0.3) is 0 Å². The molecule has 1 aromatic rings. The van der Waals surface area contributed by atoms with Crippen LogP contribution < -0.4 is 5.32 Å². The van der Waals surface area contributed by atoms with Crippen LogP contribution in [-0.2, 0) is 24.7 Å². The van der Waals surface area contributed by atoms with Gasteiger partial charge in [-0.2, -0.15) is 0 Å². The van der Waals surface area contributed by atoms with Crippen LogP contribution in [-0.4, -0.2) is 28.2 Å². The second-order valence-electron chi connectivity index (χ2n) is 6.80. The first-order chi connectivity index (χ1) is 10.6. The lowest BCUT2D eigenvalue weighted by Crippen LogP contribution is -2.45. The van der Waals surface area contributed by atoms with Crippen LogP contribution in [0.2, 0.25) is 0 Å². The minimum absolute atomic E-state index is 0.0267. The highest BCUT2D eigenvalue weighted by atomic mass is 16.6. The molecule has 1 fully saturated rings. The van der Waals surface area contributed by atoms with E-state index in [1.165, 1.54) is 0 Å². The smallest absolute Gasteiger partial charge is 0.306 e. The van der Waals surface area contributed by atoms with Gasteiger partial charge in [-0.15, -0.1) is 0 Å². The number of esters is 1. The molecule has 0 radical (unpaired) electrons. The van der Waals surface area contributed by atoms with Gasteiger partial charge < -0.3 is 10.1 Å². The molecule has 1 atom stereocenters. The molecule has 23 heavy (non-hydrogen) atoms. The number of amides is 1. The standard InChI is InChI=1S/C17H22N2O4/c1-11-6-5-7-12(18-11)17(13(20)10-14(21)19-17)9-8-15(22)23-16(2,3)4/h5-7H,8-10H2,1-4H3,(H,19,21). The molecule has 0 aliphatic carbocycles. The van der Waals surface area contributed by atoms with Crippen molar-refractivity contribution in [3.63, 3.8) is 0 Å². The molecule has 1 unspecified atom stereocenters. The van der Waals surface area contributed by atoms with E-state index in [4.69, 9.17) is 4.74 Å². The third-order valence-corrected chi connectivity index (χ3v) is 3.60. The Hall–Kier alpha value is -2.24. The van der Waals surface area contributed by atoms with Gasteiger partial charge >= 0.3 is 5.97 Å². The zero-order valence-corrected chi connectivity index (χ0v) is 13.9. The Kier molecular flexibility index (Phi) is 4.54. The van der Waals surface area contributed by atoms with Crippen molar-refractivity contribution in [1.82, 2.24) is 10.3 Å². The number of Topliss-reactive ketones (excluding diaryl/α,β-unsaturated/α-hetero) is 1. The average molecular weight is 318 g/mol. The number of hydrogen-bond acceptors (Lipinski definition) is 5. The molecule has 1 aliphatic heterocycles. The normalized spacial score (nSPS) is 21.2. The molecule has 6 heteroatoms. The number of ether oxygens (including phenoxy) is 1. The number of aryl methyl sites for hydroxylation is 1. The molecular weight excluding hydrogens is 296 g/mol. The molecular formula is C17H22N2O4. The number of nitrogens with zero attached hydrogens (tertiary/aromatic N) is 1. The summed E-state index contributed by atoms with van der Waals surface area (Å²) in [6.45, 7) is 7.16. The fraction of sp³-hybridized carbons (Fsp3) is 0.529. The molecule has 124 valence electrons. The van der Waals surface area contributed by atoms with Crippen LogP contribution in [0.15, 0.2) is 18.2 Å². The first-order valence-electron chi connectivity index (χ1n) is 7.63. The third kappa shape index (κ3) is 3.94. The largest absolute Gasteiger partial charge is 0.460 e. The monoisotopic (exact) mass is 318 g/mol. The second-order valence-corrected chi connectivity index (χ2v) is 6.80. The van der Waals surface area contributed by atoms with Crippen LogP contribution in [0, 0.1) is 6.92 Å². The van der Waals surface area contributed by atoms with Gasteiger partial charge in [-0.3, -0.25) is 19.4 Å². The van der Waals surface area contributed by atoms with E-state index in [0.29, 0.717) is 5.69 Å². The van der Waals surface area contributed by atoms with Crippen molar-refractivity contribution >= 4 is 17.7 Å². The fourth-order valence-corrected chi connectivity index (χ4v) is 2.65. The Morgan fingerprint density at radius 2 is 2.04 bits per heavy atom. The zero-order chi connectivity index (χ0) is 17.3. The highest BCUT2D eigenvalue weighted by Gasteiger charge is 2.48. The Labute approximate surface area is 135 Å². The van der Waals surface area contributed by atoms with Gasteiger partial charge in [0.2, 0.25) is 5.91 Å². The number of hydrogen-bond donors (Lipinski definition) is 1. The number of rotatable bonds is 4. The van der Waals surface area contributed by atoms with Crippen LogP contribution in [0.1, 0.15) is 51.4 Å². The Balaban J connectivity index is 2.24. The predicted molar refractivity (Wildman–Crippen MR) is 83.5 cm³/mol. The summed E-state index contributed by atoms with van der Waals surface area (Å²) in [5.41, 5.74) is -0.612. The first kappa shape index (κ1) is 17.1. The summed E-state index contributed by atoms with van der Waals surface area (Å²) < 4.78 is 5.28. The summed E-state index contributed by atoms with van der Waals surface area (Å²) in [5.74, 6) is -1.01. The summed E-state index contributed by atoms with van der Waals surface area (Å²) in [6, 6.07) is 5.29. The molecule has 2 rings (SSSR count). The van der Waals surface area contributed by atoms with Crippen molar-refractivity contribution in [2.75, 3.05) is 0 Å². The lowest BCUT2D eigenvalue weighted by atomic mass is 9.86. The van der Waals surface area contributed by atoms with Crippen LogP contribution in [0.5, 0.6) is 0 Å². The number of ketones is 1. The van der Waals surface area contributed by atoms with E-state index in [-0.39, 0.29) is 31.0 Å². The number of nitrogens with one attached hydrogen (secondary N) is 1. The number of aromatic nitrogens is 1. The second kappa shape index (κ2) is 6.10. The van der Waals surface area contributed by atoms with Crippen molar-refractivity contribution in [2.24, 2.45) is 0 Å². The van der Waals surface area contributed by atoms with Crippen molar-refractivity contribution in [3.05, 3.63) is 29.6 Å². The van der Waals surface area contributed by atoms with Crippen molar-refractivity contribution < 1.29 is 19.1 Å². The summed E-state index contributed by atoms with van der Waals surface area (Å²) in [5, 5.41) is 2.72. The molecule has 1 aliphatic rings. The molecule has 6 nitrogen and oxygen atoms in total. The summed E-state index contributed by atoms with van der Waals surface area (Å²) in [7, 11) is 0. The third-order valence-electron chi connectivity index (χ3n) is 3.60. The van der Waals surface area contributed by atoms with E-state index in [0.717, 1.165) is 5.69 Å². The molecule has 1 saturated heterocycles. The number of carbonyl (C=O) groups is 3. The van der Waals surface area contributed by atoms with Crippen molar-refractivity contribution in [2.45, 2.75) is 58.1 Å². The average Bonchev–Trinajstić information content (AvgIpc) is 2.70. The number of pyridine rings is 1. The van der Waals surface area contributed by atoms with Crippen LogP contribution in [0.4, 0.5) is 0 Å². The van der Waals surface area contributed by atoms with Gasteiger partial charge in [0.15, 0.2) is 5.78 Å². The van der Waals surface area contributed by atoms with E-state index in [1.807, 2.05) is 13.0 Å². The maximum Gasteiger partial charge on any atom is 0.306 e. The van der Waals surface area contributed by atoms with Crippen LogP contribution >= 0.6 is 0 Å². The molecule has 0 aromatic carbocycles. The summed E-state index contributed by atoms with van der Waals surface area (Å²) >= 11 is 0.